The van der Waals surface area contributed by atoms with Crippen molar-refractivity contribution in [1.29, 1.82) is 0 Å². The summed E-state index contributed by atoms with van der Waals surface area (Å²) >= 11 is 0. The topological polar surface area (TPSA) is 182 Å². The van der Waals surface area contributed by atoms with Crippen molar-refractivity contribution < 1.29 is 28.9 Å². The van der Waals surface area contributed by atoms with Crippen molar-refractivity contribution >= 4 is 33.4 Å². The highest BCUT2D eigenvalue weighted by molar-refractivity contribution is 6.02. The Morgan fingerprint density at radius 2 is 1.67 bits per heavy atom. The van der Waals surface area contributed by atoms with Crippen molar-refractivity contribution in [2.75, 3.05) is 78.0 Å². The van der Waals surface area contributed by atoms with Gasteiger partial charge in [0.2, 0.25) is 5.82 Å². The number of pyridine rings is 1. The lowest BCUT2D eigenvalue weighted by molar-refractivity contribution is 0.0943. The predicted octanol–water partition coefficient (Wildman–Crippen LogP) is 6.73. The highest BCUT2D eigenvalue weighted by Gasteiger charge is 2.37. The number of carbonyl (C=O) groups excluding carboxylic acids is 1. The first-order valence-corrected chi connectivity index (χ1v) is 25.6. The summed E-state index contributed by atoms with van der Waals surface area (Å²) in [4.78, 5) is 37.4. The third-order valence-corrected chi connectivity index (χ3v) is 15.3. The molecule has 4 fully saturated rings. The van der Waals surface area contributed by atoms with Crippen molar-refractivity contribution in [3.05, 3.63) is 102 Å². The van der Waals surface area contributed by atoms with Gasteiger partial charge in [0.15, 0.2) is 11.6 Å². The van der Waals surface area contributed by atoms with Crippen LogP contribution >= 0.6 is 0 Å². The lowest BCUT2D eigenvalue weighted by atomic mass is 9.98. The quantitative estimate of drug-likeness (QED) is 0.0899. The summed E-state index contributed by atoms with van der Waals surface area (Å²) in [6, 6.07) is 23.9. The summed E-state index contributed by atoms with van der Waals surface area (Å²) in [5.41, 5.74) is 3.85. The molecular formula is C55H63FN12O5. The maximum atomic E-state index is 17.1. The molecule has 7 heterocycles. The number of phenolic OH excluding ortho intramolecular Hbond substituents is 2. The molecule has 4 aliphatic rings. The third-order valence-electron chi connectivity index (χ3n) is 15.3. The zero-order chi connectivity index (χ0) is 50.5. The number of anilines is 1. The highest BCUT2D eigenvalue weighted by Crippen LogP contribution is 2.41. The van der Waals surface area contributed by atoms with E-state index in [1.54, 1.807) is 23.9 Å². The van der Waals surface area contributed by atoms with E-state index in [0.717, 1.165) is 88.0 Å². The number of amides is 1. The number of carbonyl (C=O) groups is 1. The molecule has 0 saturated carbocycles. The van der Waals surface area contributed by atoms with E-state index in [2.05, 4.69) is 59.6 Å². The normalized spacial score (nSPS) is 20.7. The number of ether oxygens (including phenoxy) is 2. The summed E-state index contributed by atoms with van der Waals surface area (Å²) in [6.45, 7) is 13.4. The van der Waals surface area contributed by atoms with Crippen LogP contribution in [0.1, 0.15) is 67.7 Å². The molecule has 4 atom stereocenters. The van der Waals surface area contributed by atoms with E-state index in [4.69, 9.17) is 24.4 Å². The molecule has 380 valence electrons. The van der Waals surface area contributed by atoms with Gasteiger partial charge in [0.1, 0.15) is 40.9 Å². The molecule has 11 rings (SSSR count). The Hall–Kier alpha value is -6.99. The molecule has 4 N–H and O–H groups in total. The zero-order valence-electron chi connectivity index (χ0n) is 42.1. The van der Waals surface area contributed by atoms with Crippen LogP contribution in [0.4, 0.5) is 10.2 Å². The number of halogens is 1. The van der Waals surface area contributed by atoms with Gasteiger partial charge in [-0.2, -0.15) is 9.97 Å². The molecule has 0 radical (unpaired) electrons. The first-order chi connectivity index (χ1) is 35.4. The Morgan fingerprint density at radius 1 is 0.918 bits per heavy atom. The second-order valence-corrected chi connectivity index (χ2v) is 20.3. The number of benzene rings is 4. The zero-order valence-corrected chi connectivity index (χ0v) is 42.1. The fraction of sp³-hybridized carbons (Fsp3) is 0.418. The fourth-order valence-electron chi connectivity index (χ4n) is 11.5. The third kappa shape index (κ3) is 9.37. The van der Waals surface area contributed by atoms with Crippen LogP contribution in [0.5, 0.6) is 23.3 Å². The van der Waals surface area contributed by atoms with Gasteiger partial charge in [-0.05, 0) is 79.9 Å². The molecular weight excluding hydrogens is 928 g/mol. The minimum absolute atomic E-state index is 0.00610. The molecule has 4 aliphatic heterocycles. The lowest BCUT2D eigenvalue weighted by Gasteiger charge is -2.38. The van der Waals surface area contributed by atoms with Crippen LogP contribution in [0.25, 0.3) is 50.0 Å². The summed E-state index contributed by atoms with van der Waals surface area (Å²) in [5, 5.41) is 38.9. The van der Waals surface area contributed by atoms with Crippen LogP contribution in [-0.2, 0) is 6.54 Å². The van der Waals surface area contributed by atoms with Gasteiger partial charge in [0.05, 0.1) is 18.1 Å². The van der Waals surface area contributed by atoms with E-state index in [0.29, 0.717) is 76.4 Å². The van der Waals surface area contributed by atoms with Crippen molar-refractivity contribution in [2.24, 2.45) is 0 Å². The van der Waals surface area contributed by atoms with Gasteiger partial charge in [0, 0.05) is 112 Å². The van der Waals surface area contributed by atoms with E-state index in [1.807, 2.05) is 69.3 Å². The van der Waals surface area contributed by atoms with Crippen molar-refractivity contribution in [2.45, 2.75) is 76.7 Å². The van der Waals surface area contributed by atoms with Crippen LogP contribution in [-0.4, -0.2) is 158 Å². The Morgan fingerprint density at radius 3 is 2.40 bits per heavy atom. The summed E-state index contributed by atoms with van der Waals surface area (Å²) < 4.78 is 31.0. The number of likely N-dealkylation sites (N-methyl/N-ethyl adjacent to an activating group) is 1. The summed E-state index contributed by atoms with van der Waals surface area (Å²) in [7, 11) is 3.77. The van der Waals surface area contributed by atoms with Gasteiger partial charge in [-0.15, -0.1) is 10.2 Å². The average molecular weight is 991 g/mol. The molecule has 0 aliphatic carbocycles. The molecule has 18 heteroatoms. The number of fused-ring (bicyclic) bond motifs is 4. The van der Waals surface area contributed by atoms with Crippen molar-refractivity contribution in [3.63, 3.8) is 0 Å². The van der Waals surface area contributed by atoms with Crippen molar-refractivity contribution in [3.8, 4) is 51.6 Å². The molecule has 1 amide bonds. The van der Waals surface area contributed by atoms with Gasteiger partial charge in [-0.25, -0.2) is 4.39 Å². The number of piperazine rings is 2. The van der Waals surface area contributed by atoms with E-state index >= 15 is 4.39 Å². The Labute approximate surface area is 424 Å². The Bertz CT molecular complexity index is 3160. The lowest BCUT2D eigenvalue weighted by Crippen LogP contribution is -2.51. The highest BCUT2D eigenvalue weighted by atomic mass is 19.1. The van der Waals surface area contributed by atoms with Crippen LogP contribution in [0, 0.1) is 5.82 Å². The number of hydrogen-bond donors (Lipinski definition) is 4. The number of nitrogens with zero attached hydrogens (tertiary/aromatic N) is 10. The maximum absolute atomic E-state index is 17.1. The molecule has 0 spiro atoms. The minimum Gasteiger partial charge on any atom is -0.508 e. The van der Waals surface area contributed by atoms with Gasteiger partial charge in [-0.1, -0.05) is 56.3 Å². The van der Waals surface area contributed by atoms with Crippen LogP contribution in [0.15, 0.2) is 79.0 Å². The number of aromatic hydroxyl groups is 2. The van der Waals surface area contributed by atoms with E-state index in [9.17, 15) is 15.0 Å². The number of likely N-dealkylation sites (tertiary alicyclic amines) is 1. The summed E-state index contributed by atoms with van der Waals surface area (Å²) in [5.74, 6) is 0.615. The number of aromatic nitrogens is 6. The van der Waals surface area contributed by atoms with Crippen LogP contribution < -0.4 is 25.0 Å². The van der Waals surface area contributed by atoms with Crippen LogP contribution in [0.3, 0.4) is 0 Å². The van der Waals surface area contributed by atoms with Gasteiger partial charge < -0.3 is 35.2 Å². The van der Waals surface area contributed by atoms with E-state index in [1.165, 1.54) is 6.07 Å². The fourth-order valence-corrected chi connectivity index (χ4v) is 11.5. The van der Waals surface area contributed by atoms with Gasteiger partial charge in [-0.3, -0.25) is 29.0 Å². The SMILES string of the molecule is CCNC(=O)c1nnc(-c2cc(C(C)C)c(O)cc2O)n1-c1ccc(CN2CCN([C@H]3C[C@@H](COc4nc(N5CC6CCC(C5)N6)c5cnc(-c6cccc7cccc(OC)c67)c(F)c5n4)N(C)C3)CC2)cc1. The van der Waals surface area contributed by atoms with Crippen molar-refractivity contribution in [1.82, 2.24) is 55.0 Å². The Balaban J connectivity index is 0.764. The maximum Gasteiger partial charge on any atom is 0.319 e. The smallest absolute Gasteiger partial charge is 0.319 e. The molecule has 7 aromatic rings. The molecule has 17 nitrogen and oxygen atoms in total. The largest absolute Gasteiger partial charge is 0.508 e. The number of hydrogen-bond acceptors (Lipinski definition) is 15. The molecule has 4 saturated heterocycles. The van der Waals surface area contributed by atoms with E-state index < -0.39 is 5.82 Å². The number of rotatable bonds is 14. The second kappa shape index (κ2) is 20.1. The standard InChI is InChI=1S/C55H63FN12O5/c1-6-57-54(71)53-63-62-52(42-24-41(32(2)3)44(69)25-45(42)70)68(53)37-17-13-33(14-18-37)27-65-19-21-66(22-20-65)38-23-39(64(4)30-38)31-73-55-60-50-43(51(61-55)67-28-35-15-16-36(29-67)59-35)26-58-49(48(50)56)40-11-7-9-34-10-8-12-46(72-5)47(34)40/h7-14,17-18,24-26,32,35-36,38-39,59,69-70H,6,15-16,19-23,27-31H2,1-5H3,(H,57,71)/t35?,36?,38-,39-/m0/s1. The Kier molecular flexibility index (Phi) is 13.3. The number of methoxy groups -OCH3 is 1. The number of phenols is 2. The van der Waals surface area contributed by atoms with E-state index in [-0.39, 0.29) is 52.4 Å². The molecule has 3 aromatic heterocycles. The van der Waals surface area contributed by atoms with Gasteiger partial charge in [0.25, 0.3) is 5.91 Å². The second-order valence-electron chi connectivity index (χ2n) is 20.3. The number of nitrogens with one attached hydrogen (secondary N) is 2. The first kappa shape index (κ1) is 48.3. The van der Waals surface area contributed by atoms with Gasteiger partial charge >= 0.3 is 6.01 Å². The summed E-state index contributed by atoms with van der Waals surface area (Å²) in [6.07, 6.45) is 4.83. The molecule has 2 unspecified atom stereocenters. The monoisotopic (exact) mass is 991 g/mol. The average Bonchev–Trinajstić information content (AvgIpc) is 4.11. The first-order valence-electron chi connectivity index (χ1n) is 25.6. The predicted molar refractivity (Wildman–Crippen MR) is 278 cm³/mol. The molecule has 73 heavy (non-hydrogen) atoms. The molecule has 2 bridgehead atoms. The van der Waals surface area contributed by atoms with Crippen LogP contribution in [0.2, 0.25) is 0 Å². The minimum atomic E-state index is -0.516. The molecule has 4 aromatic carbocycles.